The van der Waals surface area contributed by atoms with Crippen LogP contribution in [0.5, 0.6) is 0 Å². The summed E-state index contributed by atoms with van der Waals surface area (Å²) in [7, 11) is 1.81. The summed E-state index contributed by atoms with van der Waals surface area (Å²) in [5, 5.41) is 6.84. The molecule has 104 valence electrons. The van der Waals surface area contributed by atoms with E-state index < -0.39 is 0 Å². The Balaban J connectivity index is 1.51. The first-order valence-electron chi connectivity index (χ1n) is 6.61. The Bertz CT molecular complexity index is 476. The average Bonchev–Trinajstić information content (AvgIpc) is 3.11. The highest BCUT2D eigenvalue weighted by Crippen LogP contribution is 2.34. The zero-order valence-corrected chi connectivity index (χ0v) is 13.3. The van der Waals surface area contributed by atoms with Crippen LogP contribution in [0.2, 0.25) is 0 Å². The lowest BCUT2D eigenvalue weighted by Gasteiger charge is -2.22. The molecule has 2 aliphatic rings. The van der Waals surface area contributed by atoms with Gasteiger partial charge in [-0.25, -0.2) is 0 Å². The van der Waals surface area contributed by atoms with Crippen molar-refractivity contribution in [2.24, 2.45) is 4.99 Å². The minimum Gasteiger partial charge on any atom is -0.373 e. The van der Waals surface area contributed by atoms with Crippen LogP contribution in [-0.4, -0.2) is 31.3 Å². The van der Waals surface area contributed by atoms with Gasteiger partial charge in [-0.15, -0.1) is 11.3 Å². The van der Waals surface area contributed by atoms with Gasteiger partial charge in [-0.2, -0.15) is 0 Å². The molecule has 2 aliphatic heterocycles. The summed E-state index contributed by atoms with van der Waals surface area (Å²) in [5.74, 6) is 0.866. The van der Waals surface area contributed by atoms with Crippen LogP contribution < -0.4 is 10.6 Å². The molecule has 4 nitrogen and oxygen atoms in total. The number of rotatable bonds is 3. The largest absolute Gasteiger partial charge is 0.373 e. The normalized spacial score (nSPS) is 29.8. The Labute approximate surface area is 125 Å². The lowest BCUT2D eigenvalue weighted by atomic mass is 9.96. The highest BCUT2D eigenvalue weighted by Gasteiger charge is 2.41. The number of thiophene rings is 1. The number of ether oxygens (including phenoxy) is 1. The summed E-state index contributed by atoms with van der Waals surface area (Å²) < 4.78 is 7.01. The van der Waals surface area contributed by atoms with Crippen LogP contribution in [-0.2, 0) is 11.3 Å². The van der Waals surface area contributed by atoms with Gasteiger partial charge in [0.15, 0.2) is 5.96 Å². The summed E-state index contributed by atoms with van der Waals surface area (Å²) in [5.41, 5.74) is 0. The van der Waals surface area contributed by atoms with Gasteiger partial charge in [-0.3, -0.25) is 4.99 Å². The van der Waals surface area contributed by atoms with Gasteiger partial charge in [0.1, 0.15) is 0 Å². The highest BCUT2D eigenvalue weighted by molar-refractivity contribution is 9.11. The predicted octanol–water partition coefficient (Wildman–Crippen LogP) is 2.50. The van der Waals surface area contributed by atoms with E-state index >= 15 is 0 Å². The molecule has 1 aromatic heterocycles. The zero-order valence-electron chi connectivity index (χ0n) is 10.9. The maximum Gasteiger partial charge on any atom is 0.191 e. The number of nitrogens with one attached hydrogen (secondary N) is 2. The summed E-state index contributed by atoms with van der Waals surface area (Å²) in [6.07, 6.45) is 4.35. The Morgan fingerprint density at radius 2 is 2.42 bits per heavy atom. The fourth-order valence-corrected chi connectivity index (χ4v) is 4.20. The van der Waals surface area contributed by atoms with Gasteiger partial charge >= 0.3 is 0 Å². The SMILES string of the molecule is CN=C(NCc1ccc(Br)s1)NC1CC2CCC1O2. The number of hydrogen-bond donors (Lipinski definition) is 2. The van der Waals surface area contributed by atoms with Crippen LogP contribution in [0.25, 0.3) is 0 Å². The second-order valence-electron chi connectivity index (χ2n) is 4.99. The van der Waals surface area contributed by atoms with Crippen molar-refractivity contribution in [3.05, 3.63) is 20.8 Å². The number of nitrogens with zero attached hydrogens (tertiary/aromatic N) is 1. The molecule has 6 heteroatoms. The van der Waals surface area contributed by atoms with Crippen molar-refractivity contribution < 1.29 is 4.74 Å². The molecular formula is C13H18BrN3OS. The molecule has 2 bridgehead atoms. The van der Waals surface area contributed by atoms with Crippen LogP contribution >= 0.6 is 27.3 Å². The molecule has 0 amide bonds. The van der Waals surface area contributed by atoms with Crippen LogP contribution in [0.1, 0.15) is 24.1 Å². The lowest BCUT2D eigenvalue weighted by Crippen LogP contribution is -2.47. The second kappa shape index (κ2) is 5.81. The van der Waals surface area contributed by atoms with Gasteiger partial charge in [0.05, 0.1) is 28.6 Å². The summed E-state index contributed by atoms with van der Waals surface area (Å²) >= 11 is 5.22. The number of guanidine groups is 1. The number of hydrogen-bond acceptors (Lipinski definition) is 3. The van der Waals surface area contributed by atoms with Gasteiger partial charge in [0, 0.05) is 11.9 Å². The second-order valence-corrected chi connectivity index (χ2v) is 7.54. The number of fused-ring (bicyclic) bond motifs is 2. The smallest absolute Gasteiger partial charge is 0.191 e. The first-order chi connectivity index (χ1) is 9.24. The van der Waals surface area contributed by atoms with Crippen molar-refractivity contribution in [3.8, 4) is 0 Å². The van der Waals surface area contributed by atoms with E-state index in [0.717, 1.165) is 22.7 Å². The number of halogens is 1. The Morgan fingerprint density at radius 3 is 3.00 bits per heavy atom. The van der Waals surface area contributed by atoms with E-state index in [-0.39, 0.29) is 0 Å². The lowest BCUT2D eigenvalue weighted by molar-refractivity contribution is 0.0992. The first kappa shape index (κ1) is 13.4. The molecule has 0 aromatic carbocycles. The van der Waals surface area contributed by atoms with Crippen LogP contribution in [0.15, 0.2) is 20.9 Å². The summed E-state index contributed by atoms with van der Waals surface area (Å²) in [6, 6.07) is 4.61. The average molecular weight is 344 g/mol. The third kappa shape index (κ3) is 3.12. The summed E-state index contributed by atoms with van der Waals surface area (Å²) in [6.45, 7) is 0.803. The predicted molar refractivity (Wildman–Crippen MR) is 81.7 cm³/mol. The Morgan fingerprint density at radius 1 is 1.53 bits per heavy atom. The monoisotopic (exact) mass is 343 g/mol. The van der Waals surface area contributed by atoms with Crippen molar-refractivity contribution in [1.82, 2.24) is 10.6 Å². The van der Waals surface area contributed by atoms with Gasteiger partial charge in [-0.1, -0.05) is 0 Å². The summed E-state index contributed by atoms with van der Waals surface area (Å²) in [4.78, 5) is 5.58. The fraction of sp³-hybridized carbons (Fsp3) is 0.615. The van der Waals surface area contributed by atoms with Crippen LogP contribution in [0.4, 0.5) is 0 Å². The Hall–Kier alpha value is -0.590. The Kier molecular flexibility index (Phi) is 4.10. The highest BCUT2D eigenvalue weighted by atomic mass is 79.9. The topological polar surface area (TPSA) is 45.7 Å². The van der Waals surface area contributed by atoms with E-state index in [1.54, 1.807) is 11.3 Å². The number of aliphatic imine (C=N–C) groups is 1. The van der Waals surface area contributed by atoms with Crippen LogP contribution in [0.3, 0.4) is 0 Å². The van der Waals surface area contributed by atoms with E-state index in [1.165, 1.54) is 17.7 Å². The van der Waals surface area contributed by atoms with Crippen molar-refractivity contribution >= 4 is 33.2 Å². The van der Waals surface area contributed by atoms with E-state index in [9.17, 15) is 0 Å². The minimum absolute atomic E-state index is 0.374. The molecule has 0 aliphatic carbocycles. The van der Waals surface area contributed by atoms with E-state index in [1.807, 2.05) is 7.05 Å². The standard InChI is InChI=1S/C13H18BrN3OS/c1-15-13(16-7-9-3-5-12(14)19-9)17-10-6-8-2-4-11(10)18-8/h3,5,8,10-11H,2,4,6-7H2,1H3,(H2,15,16,17). The third-order valence-corrected chi connectivity index (χ3v) is 5.33. The molecule has 0 radical (unpaired) electrons. The fourth-order valence-electron chi connectivity index (χ4n) is 2.78. The molecule has 1 aromatic rings. The molecule has 3 atom stereocenters. The maximum absolute atomic E-state index is 5.85. The van der Waals surface area contributed by atoms with E-state index in [0.29, 0.717) is 18.2 Å². The molecule has 2 fully saturated rings. The molecule has 2 saturated heterocycles. The minimum atomic E-state index is 0.374. The molecule has 0 saturated carbocycles. The first-order valence-corrected chi connectivity index (χ1v) is 8.22. The van der Waals surface area contributed by atoms with Crippen molar-refractivity contribution in [1.29, 1.82) is 0 Å². The molecular weight excluding hydrogens is 326 g/mol. The van der Waals surface area contributed by atoms with Gasteiger partial charge < -0.3 is 15.4 Å². The zero-order chi connectivity index (χ0) is 13.2. The van der Waals surface area contributed by atoms with E-state index in [4.69, 9.17) is 4.74 Å². The van der Waals surface area contributed by atoms with Crippen molar-refractivity contribution in [2.45, 2.75) is 44.1 Å². The molecule has 3 unspecified atom stereocenters. The maximum atomic E-state index is 5.85. The molecule has 3 heterocycles. The van der Waals surface area contributed by atoms with Crippen molar-refractivity contribution in [3.63, 3.8) is 0 Å². The van der Waals surface area contributed by atoms with Gasteiger partial charge in [-0.05, 0) is 47.3 Å². The quantitative estimate of drug-likeness (QED) is 0.654. The molecule has 2 N–H and O–H groups in total. The third-order valence-electron chi connectivity index (χ3n) is 3.71. The van der Waals surface area contributed by atoms with E-state index in [2.05, 4.69) is 43.7 Å². The van der Waals surface area contributed by atoms with Crippen molar-refractivity contribution in [2.75, 3.05) is 7.05 Å². The molecule has 3 rings (SSSR count). The van der Waals surface area contributed by atoms with Gasteiger partial charge in [0.25, 0.3) is 0 Å². The molecule has 19 heavy (non-hydrogen) atoms. The van der Waals surface area contributed by atoms with Gasteiger partial charge in [0.2, 0.25) is 0 Å². The molecule has 0 spiro atoms. The van der Waals surface area contributed by atoms with Crippen LogP contribution in [0, 0.1) is 0 Å².